The zero-order valence-corrected chi connectivity index (χ0v) is 13.1. The van der Waals surface area contributed by atoms with Gasteiger partial charge in [-0.25, -0.2) is 0 Å². The van der Waals surface area contributed by atoms with Crippen molar-refractivity contribution in [3.05, 3.63) is 28.8 Å². The molecule has 1 N–H and O–H groups in total. The van der Waals surface area contributed by atoms with E-state index in [2.05, 4.69) is 30.8 Å². The molecular formula is C15H25ClN2O. The predicted molar refractivity (Wildman–Crippen MR) is 83.1 cm³/mol. The van der Waals surface area contributed by atoms with E-state index in [-0.39, 0.29) is 0 Å². The molecule has 19 heavy (non-hydrogen) atoms. The van der Waals surface area contributed by atoms with E-state index < -0.39 is 6.10 Å². The molecule has 1 atom stereocenters. The molecule has 1 aromatic rings. The number of anilines is 1. The van der Waals surface area contributed by atoms with Crippen molar-refractivity contribution in [2.45, 2.75) is 26.4 Å². The van der Waals surface area contributed by atoms with E-state index in [1.165, 1.54) is 0 Å². The van der Waals surface area contributed by atoms with E-state index in [4.69, 9.17) is 11.6 Å². The van der Waals surface area contributed by atoms with Crippen LogP contribution in [0.4, 0.5) is 5.69 Å². The highest BCUT2D eigenvalue weighted by atomic mass is 35.5. The largest absolute Gasteiger partial charge is 0.389 e. The summed E-state index contributed by atoms with van der Waals surface area (Å²) >= 11 is 6.33. The first kappa shape index (κ1) is 16.3. The summed E-state index contributed by atoms with van der Waals surface area (Å²) in [6.07, 6.45) is 0.630. The summed E-state index contributed by atoms with van der Waals surface area (Å²) in [5.74, 6) is 0. The van der Waals surface area contributed by atoms with Gasteiger partial charge >= 0.3 is 0 Å². The van der Waals surface area contributed by atoms with Gasteiger partial charge in [0.05, 0.1) is 16.8 Å². The molecule has 0 fully saturated rings. The molecule has 0 saturated carbocycles. The van der Waals surface area contributed by atoms with Crippen LogP contribution in [0.3, 0.4) is 0 Å². The predicted octanol–water partition coefficient (Wildman–Crippen LogP) is 3.17. The van der Waals surface area contributed by atoms with Gasteiger partial charge in [0.2, 0.25) is 0 Å². The van der Waals surface area contributed by atoms with Crippen LogP contribution in [0.2, 0.25) is 5.02 Å². The van der Waals surface area contributed by atoms with Crippen molar-refractivity contribution < 1.29 is 5.11 Å². The Balaban J connectivity index is 2.75. The number of hydrogen-bond acceptors (Lipinski definition) is 3. The average Bonchev–Trinajstić information content (AvgIpc) is 2.34. The van der Waals surface area contributed by atoms with Gasteiger partial charge < -0.3 is 14.9 Å². The van der Waals surface area contributed by atoms with Crippen molar-refractivity contribution in [2.24, 2.45) is 0 Å². The highest BCUT2D eigenvalue weighted by Gasteiger charge is 2.11. The molecule has 0 spiro atoms. The minimum absolute atomic E-state index is 0.477. The molecule has 4 heteroatoms. The lowest BCUT2D eigenvalue weighted by Crippen LogP contribution is -2.27. The molecule has 3 nitrogen and oxygen atoms in total. The molecule has 0 saturated heterocycles. The van der Waals surface area contributed by atoms with E-state index in [0.29, 0.717) is 5.02 Å². The fourth-order valence-corrected chi connectivity index (χ4v) is 2.37. The number of rotatable bonds is 7. The van der Waals surface area contributed by atoms with Crippen molar-refractivity contribution in [3.8, 4) is 0 Å². The number of aliphatic hydroxyl groups is 1. The topological polar surface area (TPSA) is 26.7 Å². The second-order valence-corrected chi connectivity index (χ2v) is 5.53. The van der Waals surface area contributed by atoms with Crippen LogP contribution >= 0.6 is 11.6 Å². The molecule has 1 aromatic carbocycles. The van der Waals surface area contributed by atoms with Crippen molar-refractivity contribution in [2.75, 3.05) is 38.6 Å². The summed E-state index contributed by atoms with van der Waals surface area (Å²) in [6, 6.07) is 5.81. The van der Waals surface area contributed by atoms with Crippen LogP contribution in [0.1, 0.15) is 31.9 Å². The lowest BCUT2D eigenvalue weighted by Gasteiger charge is -2.25. The zero-order chi connectivity index (χ0) is 14.4. The molecule has 0 radical (unpaired) electrons. The lowest BCUT2D eigenvalue weighted by molar-refractivity contribution is 0.199. The Morgan fingerprint density at radius 3 is 2.42 bits per heavy atom. The fraction of sp³-hybridized carbons (Fsp3) is 0.600. The monoisotopic (exact) mass is 284 g/mol. The van der Waals surface area contributed by atoms with Gasteiger partial charge in [0.25, 0.3) is 0 Å². The molecule has 0 heterocycles. The summed E-state index contributed by atoms with van der Waals surface area (Å²) in [5.41, 5.74) is 1.91. The summed E-state index contributed by atoms with van der Waals surface area (Å²) in [4.78, 5) is 4.46. The Morgan fingerprint density at radius 1 is 1.26 bits per heavy atom. The van der Waals surface area contributed by atoms with Gasteiger partial charge in [0.1, 0.15) is 0 Å². The molecule has 0 amide bonds. The Labute approximate surface area is 121 Å². The van der Waals surface area contributed by atoms with E-state index in [0.717, 1.165) is 37.3 Å². The van der Waals surface area contributed by atoms with Crippen LogP contribution < -0.4 is 4.90 Å². The van der Waals surface area contributed by atoms with Crippen LogP contribution in [0.25, 0.3) is 0 Å². The second kappa shape index (κ2) is 7.73. The number of aliphatic hydroxyl groups excluding tert-OH is 1. The average molecular weight is 285 g/mol. The number of halogens is 1. The van der Waals surface area contributed by atoms with E-state index in [9.17, 15) is 5.11 Å². The molecule has 0 aliphatic rings. The molecule has 0 unspecified atom stereocenters. The summed E-state index contributed by atoms with van der Waals surface area (Å²) < 4.78 is 0. The molecule has 108 valence electrons. The van der Waals surface area contributed by atoms with Gasteiger partial charge in [0, 0.05) is 13.1 Å². The van der Waals surface area contributed by atoms with E-state index in [1.807, 2.05) is 18.2 Å². The Bertz CT molecular complexity index is 394. The molecule has 0 aromatic heterocycles. The highest BCUT2D eigenvalue weighted by Crippen LogP contribution is 2.29. The van der Waals surface area contributed by atoms with Crippen molar-refractivity contribution in [3.63, 3.8) is 0 Å². The Kier molecular flexibility index (Phi) is 6.63. The van der Waals surface area contributed by atoms with Crippen LogP contribution in [0, 0.1) is 0 Å². The number of hydrogen-bond donors (Lipinski definition) is 1. The van der Waals surface area contributed by atoms with Crippen LogP contribution in [0.5, 0.6) is 0 Å². The number of benzene rings is 1. The van der Waals surface area contributed by atoms with Gasteiger partial charge in [-0.3, -0.25) is 0 Å². The molecule has 1 rings (SSSR count). The maximum atomic E-state index is 9.56. The Morgan fingerprint density at radius 2 is 1.95 bits per heavy atom. The standard InChI is InChI=1S/C15H25ClN2O/c1-5-18(10-6-9-17(3)4)15-8-7-13(12(2)19)11-14(15)16/h7-8,11-12,19H,5-6,9-10H2,1-4H3/t12-/m0/s1. The Hall–Kier alpha value is -0.770. The summed E-state index contributed by atoms with van der Waals surface area (Å²) in [7, 11) is 4.17. The SMILES string of the molecule is CCN(CCCN(C)C)c1ccc([C@H](C)O)cc1Cl. The quantitative estimate of drug-likeness (QED) is 0.833. The smallest absolute Gasteiger partial charge is 0.0762 e. The third-order valence-electron chi connectivity index (χ3n) is 3.21. The normalized spacial score (nSPS) is 12.8. The third kappa shape index (κ3) is 5.01. The van der Waals surface area contributed by atoms with Gasteiger partial charge in [-0.05, 0) is 58.6 Å². The first-order chi connectivity index (χ1) is 8.95. The van der Waals surface area contributed by atoms with Crippen molar-refractivity contribution >= 4 is 17.3 Å². The van der Waals surface area contributed by atoms with E-state index in [1.54, 1.807) is 6.92 Å². The molecule has 0 bridgehead atoms. The van der Waals surface area contributed by atoms with Gasteiger partial charge in [-0.15, -0.1) is 0 Å². The fourth-order valence-electron chi connectivity index (χ4n) is 2.07. The van der Waals surface area contributed by atoms with Crippen LogP contribution in [-0.2, 0) is 0 Å². The van der Waals surface area contributed by atoms with E-state index >= 15 is 0 Å². The summed E-state index contributed by atoms with van der Waals surface area (Å²) in [6.45, 7) is 6.87. The zero-order valence-electron chi connectivity index (χ0n) is 12.4. The maximum Gasteiger partial charge on any atom is 0.0762 e. The maximum absolute atomic E-state index is 9.56. The van der Waals surface area contributed by atoms with Gasteiger partial charge in [0.15, 0.2) is 0 Å². The van der Waals surface area contributed by atoms with Gasteiger partial charge in [-0.1, -0.05) is 17.7 Å². The van der Waals surface area contributed by atoms with Crippen molar-refractivity contribution in [1.82, 2.24) is 4.90 Å². The van der Waals surface area contributed by atoms with Gasteiger partial charge in [-0.2, -0.15) is 0 Å². The van der Waals surface area contributed by atoms with Crippen LogP contribution in [-0.4, -0.2) is 43.7 Å². The summed E-state index contributed by atoms with van der Waals surface area (Å²) in [5, 5.41) is 10.3. The molecule has 0 aliphatic heterocycles. The first-order valence-electron chi connectivity index (χ1n) is 6.83. The minimum atomic E-state index is -0.477. The second-order valence-electron chi connectivity index (χ2n) is 5.12. The third-order valence-corrected chi connectivity index (χ3v) is 3.51. The molecule has 0 aliphatic carbocycles. The number of nitrogens with zero attached hydrogens (tertiary/aromatic N) is 2. The highest BCUT2D eigenvalue weighted by molar-refractivity contribution is 6.33. The molecular weight excluding hydrogens is 260 g/mol. The minimum Gasteiger partial charge on any atom is -0.389 e. The van der Waals surface area contributed by atoms with Crippen LogP contribution in [0.15, 0.2) is 18.2 Å². The van der Waals surface area contributed by atoms with Crippen molar-refractivity contribution in [1.29, 1.82) is 0 Å². The first-order valence-corrected chi connectivity index (χ1v) is 7.20. The lowest BCUT2D eigenvalue weighted by atomic mass is 10.1.